The summed E-state index contributed by atoms with van der Waals surface area (Å²) in [7, 11) is 0. The third-order valence-corrected chi connectivity index (χ3v) is 5.28. The molecule has 0 aliphatic carbocycles. The van der Waals surface area contributed by atoms with Gasteiger partial charge in [0.25, 0.3) is 5.91 Å². The summed E-state index contributed by atoms with van der Waals surface area (Å²) in [6.07, 6.45) is -2.56. The number of nitrogen functional groups attached to an aromatic ring is 1. The number of nitrogens with zero attached hydrogens (tertiary/aromatic N) is 2. The van der Waals surface area contributed by atoms with Crippen molar-refractivity contribution in [2.45, 2.75) is 6.18 Å². The van der Waals surface area contributed by atoms with Gasteiger partial charge < -0.3 is 10.8 Å². The van der Waals surface area contributed by atoms with E-state index in [1.165, 1.54) is 18.3 Å². The maximum atomic E-state index is 14.8. The number of carbonyl (C=O) groups excluding carboxylic acids is 1. The molecule has 0 unspecified atom stereocenters. The molecule has 0 aliphatic heterocycles. The van der Waals surface area contributed by atoms with E-state index in [1.807, 2.05) is 0 Å². The second-order valence-corrected chi connectivity index (χ2v) is 7.41. The van der Waals surface area contributed by atoms with Crippen molar-refractivity contribution in [2.75, 3.05) is 5.73 Å². The molecule has 0 amide bonds. The molecule has 0 aliphatic rings. The van der Waals surface area contributed by atoms with Crippen LogP contribution in [0.5, 0.6) is 0 Å². The predicted octanol–water partition coefficient (Wildman–Crippen LogP) is 5.48. The fourth-order valence-electron chi connectivity index (χ4n) is 3.49. The zero-order valence-electron chi connectivity index (χ0n) is 16.3. The van der Waals surface area contributed by atoms with E-state index >= 15 is 0 Å². The normalized spacial score (nSPS) is 11.7. The number of hydrogen-bond donors (Lipinski definition) is 2. The fourth-order valence-corrected chi connectivity index (χ4v) is 3.74. The molecule has 0 spiro atoms. The van der Waals surface area contributed by atoms with Crippen LogP contribution in [0.25, 0.3) is 22.0 Å². The number of carbonyl (C=O) groups is 2. The van der Waals surface area contributed by atoms with E-state index in [0.29, 0.717) is 0 Å². The third kappa shape index (κ3) is 3.89. The molecule has 2 aromatic heterocycles. The first-order chi connectivity index (χ1) is 15.5. The lowest BCUT2D eigenvalue weighted by Gasteiger charge is -2.14. The Morgan fingerprint density at radius 3 is 2.45 bits per heavy atom. The minimum atomic E-state index is -4.86. The lowest BCUT2D eigenvalue weighted by atomic mass is 10.0. The molecule has 3 N–H and O–H groups in total. The first-order valence-electron chi connectivity index (χ1n) is 9.19. The smallest absolute Gasteiger partial charge is 0.417 e. The second-order valence-electron chi connectivity index (χ2n) is 7.00. The SMILES string of the molecule is Nc1cc2c(-c3ccc(C(=O)O)cc3F)cn(C(=O)c3c(Cl)cccc3C(F)(F)F)c2cn1. The van der Waals surface area contributed by atoms with Gasteiger partial charge in [0.2, 0.25) is 0 Å². The Balaban J connectivity index is 1.98. The van der Waals surface area contributed by atoms with Gasteiger partial charge in [-0.05, 0) is 30.3 Å². The number of benzene rings is 2. The molecule has 11 heteroatoms. The van der Waals surface area contributed by atoms with Crippen LogP contribution in [-0.4, -0.2) is 26.5 Å². The molecule has 4 aromatic rings. The van der Waals surface area contributed by atoms with E-state index in [1.54, 1.807) is 0 Å². The van der Waals surface area contributed by atoms with Gasteiger partial charge >= 0.3 is 12.1 Å². The number of aromatic carboxylic acids is 1. The highest BCUT2D eigenvalue weighted by Gasteiger charge is 2.37. The topological polar surface area (TPSA) is 98.2 Å². The van der Waals surface area contributed by atoms with Gasteiger partial charge in [-0.15, -0.1) is 0 Å². The van der Waals surface area contributed by atoms with Crippen LogP contribution in [0.15, 0.2) is 54.9 Å². The number of alkyl halides is 3. The number of nitrogens with two attached hydrogens (primary N) is 1. The first kappa shape index (κ1) is 22.3. The van der Waals surface area contributed by atoms with Gasteiger partial charge in [-0.2, -0.15) is 13.2 Å². The molecule has 0 fully saturated rings. The summed E-state index contributed by atoms with van der Waals surface area (Å²) < 4.78 is 56.3. The van der Waals surface area contributed by atoms with Crippen molar-refractivity contribution in [2.24, 2.45) is 0 Å². The Morgan fingerprint density at radius 1 is 1.09 bits per heavy atom. The van der Waals surface area contributed by atoms with E-state index in [-0.39, 0.29) is 33.4 Å². The Hall–Kier alpha value is -3.92. The molecule has 6 nitrogen and oxygen atoms in total. The molecule has 0 radical (unpaired) electrons. The number of rotatable bonds is 3. The Morgan fingerprint density at radius 2 is 1.82 bits per heavy atom. The zero-order chi connectivity index (χ0) is 24.1. The molecular formula is C22H12ClF4N3O3. The number of fused-ring (bicyclic) bond motifs is 1. The van der Waals surface area contributed by atoms with Gasteiger partial charge in [0.15, 0.2) is 0 Å². The number of carboxylic acids is 1. The Kier molecular flexibility index (Phi) is 5.33. The average Bonchev–Trinajstić information content (AvgIpc) is 3.10. The van der Waals surface area contributed by atoms with E-state index in [4.69, 9.17) is 22.4 Å². The van der Waals surface area contributed by atoms with Crippen LogP contribution in [0.4, 0.5) is 23.4 Å². The van der Waals surface area contributed by atoms with E-state index in [9.17, 15) is 27.2 Å². The van der Waals surface area contributed by atoms with Crippen molar-refractivity contribution in [3.8, 4) is 11.1 Å². The number of carboxylic acid groups (broad SMARTS) is 1. The van der Waals surface area contributed by atoms with Gasteiger partial charge in [0.1, 0.15) is 11.6 Å². The van der Waals surface area contributed by atoms with Gasteiger partial charge in [-0.1, -0.05) is 23.7 Å². The largest absolute Gasteiger partial charge is 0.478 e. The summed E-state index contributed by atoms with van der Waals surface area (Å²) in [4.78, 5) is 28.2. The van der Waals surface area contributed by atoms with Crippen LogP contribution in [0.1, 0.15) is 26.3 Å². The standard InChI is InChI=1S/C22H12ClF4N3O3/c23-15-3-1-2-14(22(25,26)27)19(15)20(31)30-9-13(12-7-18(28)29-8-17(12)30)11-5-4-10(21(32)33)6-16(11)24/h1-9H,(H2,28,29)(H,32,33). The lowest BCUT2D eigenvalue weighted by Crippen LogP contribution is -2.18. The average molecular weight is 478 g/mol. The van der Waals surface area contributed by atoms with Gasteiger partial charge in [-0.3, -0.25) is 9.36 Å². The molecule has 168 valence electrons. The molecule has 0 saturated carbocycles. The van der Waals surface area contributed by atoms with Gasteiger partial charge in [-0.25, -0.2) is 14.2 Å². The Bertz CT molecular complexity index is 1450. The van der Waals surface area contributed by atoms with Crippen LogP contribution in [0.2, 0.25) is 5.02 Å². The van der Waals surface area contributed by atoms with E-state index < -0.39 is 40.0 Å². The molecule has 4 rings (SSSR count). The van der Waals surface area contributed by atoms with Crippen molar-refractivity contribution < 1.29 is 32.3 Å². The number of pyridine rings is 1. The van der Waals surface area contributed by atoms with Gasteiger partial charge in [0.05, 0.1) is 33.4 Å². The van der Waals surface area contributed by atoms with Gasteiger partial charge in [0, 0.05) is 22.7 Å². The van der Waals surface area contributed by atoms with Crippen LogP contribution in [0, 0.1) is 5.82 Å². The summed E-state index contributed by atoms with van der Waals surface area (Å²) in [6.45, 7) is 0. The highest BCUT2D eigenvalue weighted by Crippen LogP contribution is 2.38. The second kappa shape index (κ2) is 7.89. The highest BCUT2D eigenvalue weighted by molar-refractivity contribution is 6.34. The zero-order valence-corrected chi connectivity index (χ0v) is 17.1. The Labute approximate surface area is 187 Å². The first-order valence-corrected chi connectivity index (χ1v) is 9.57. The summed E-state index contributed by atoms with van der Waals surface area (Å²) >= 11 is 5.97. The summed E-state index contributed by atoms with van der Waals surface area (Å²) in [5.41, 5.74) is 3.48. The third-order valence-electron chi connectivity index (χ3n) is 4.97. The van der Waals surface area contributed by atoms with E-state index in [2.05, 4.69) is 4.98 Å². The molecule has 0 saturated heterocycles. The molecule has 0 bridgehead atoms. The van der Waals surface area contributed by atoms with Crippen LogP contribution in [-0.2, 0) is 6.18 Å². The lowest BCUT2D eigenvalue weighted by molar-refractivity contribution is -0.137. The number of aromatic nitrogens is 2. The van der Waals surface area contributed by atoms with Crippen molar-refractivity contribution >= 4 is 40.2 Å². The summed E-state index contributed by atoms with van der Waals surface area (Å²) in [6, 6.07) is 7.42. The van der Waals surface area contributed by atoms with Crippen molar-refractivity contribution in [3.05, 3.63) is 82.4 Å². The molecule has 33 heavy (non-hydrogen) atoms. The molecular weight excluding hydrogens is 466 g/mol. The quantitative estimate of drug-likeness (QED) is 0.380. The van der Waals surface area contributed by atoms with Crippen LogP contribution in [0.3, 0.4) is 0 Å². The maximum absolute atomic E-state index is 14.8. The van der Waals surface area contributed by atoms with Crippen LogP contribution >= 0.6 is 11.6 Å². The fraction of sp³-hybridized carbons (Fsp3) is 0.0455. The minimum Gasteiger partial charge on any atom is -0.478 e. The molecule has 0 atom stereocenters. The highest BCUT2D eigenvalue weighted by atomic mass is 35.5. The molecule has 2 heterocycles. The van der Waals surface area contributed by atoms with Crippen molar-refractivity contribution in [1.29, 1.82) is 0 Å². The molecule has 2 aromatic carbocycles. The number of hydrogen-bond acceptors (Lipinski definition) is 4. The maximum Gasteiger partial charge on any atom is 0.417 e. The van der Waals surface area contributed by atoms with Crippen molar-refractivity contribution in [3.63, 3.8) is 0 Å². The number of halogens is 5. The summed E-state index contributed by atoms with van der Waals surface area (Å²) in [5, 5.41) is 8.86. The minimum absolute atomic E-state index is 0.0187. The van der Waals surface area contributed by atoms with E-state index in [0.717, 1.165) is 41.1 Å². The predicted molar refractivity (Wildman–Crippen MR) is 113 cm³/mol. The monoisotopic (exact) mass is 477 g/mol. The van der Waals surface area contributed by atoms with Crippen molar-refractivity contribution in [1.82, 2.24) is 9.55 Å². The summed E-state index contributed by atoms with van der Waals surface area (Å²) in [5.74, 6) is -3.35. The number of anilines is 1. The van der Waals surface area contributed by atoms with Crippen LogP contribution < -0.4 is 5.73 Å².